The largest absolute Gasteiger partial charge is 0.453 e. The summed E-state index contributed by atoms with van der Waals surface area (Å²) in [5, 5.41) is 0.341. The number of nitrogens with zero attached hydrogens (tertiary/aromatic N) is 1. The Hall–Kier alpha value is -3.84. The molecule has 0 radical (unpaired) electrons. The van der Waals surface area contributed by atoms with E-state index in [0.717, 1.165) is 0 Å². The van der Waals surface area contributed by atoms with Crippen LogP contribution in [0.1, 0.15) is 80.4 Å². The maximum Gasteiger partial charge on any atom is 0.298 e. The van der Waals surface area contributed by atoms with Gasteiger partial charge in [-0.3, -0.25) is 18.7 Å². The smallest absolute Gasteiger partial charge is 0.298 e. The van der Waals surface area contributed by atoms with E-state index in [4.69, 9.17) is 4.74 Å². The SMILES string of the molecule is CC/C=c1\ccc2c(c1S(=O)(=O)O)Oc1c(ccc(CCC)c1S(=O)(=O)O)C=2c1ccccc1C(=O)N(C)CCCC(=O)C(C)C. The molecule has 1 heterocycles. The molecule has 12 heteroatoms. The molecule has 0 bridgehead atoms. The maximum absolute atomic E-state index is 13.9. The van der Waals surface area contributed by atoms with Crippen LogP contribution in [0.15, 0.2) is 58.3 Å². The standard InChI is InChI=1S/C34H39NO9S2/c1-6-11-22-16-18-26-29(24-13-8-9-14-25(24)34(37)35(5)20-10-15-28(36)21(3)4)27-19-17-23(12-7-2)33(46(41,42)43)31(27)44-30(26)32(22)45(38,39)40/h8-9,11,13-14,16-19,21H,6-7,10,12,15,20H2,1-5H3,(H,38,39,40)(H,41,42,43)/b22-11+. The fraction of sp³-hybridized carbons (Fsp3) is 0.353. The van der Waals surface area contributed by atoms with Crippen molar-refractivity contribution in [3.05, 3.63) is 81.2 Å². The van der Waals surface area contributed by atoms with Crippen molar-refractivity contribution in [1.29, 1.82) is 0 Å². The third-order valence-corrected chi connectivity index (χ3v) is 9.77. The normalized spacial score (nSPS) is 13.3. The van der Waals surface area contributed by atoms with E-state index in [0.29, 0.717) is 37.8 Å². The predicted molar refractivity (Wildman–Crippen MR) is 175 cm³/mol. The number of benzene rings is 3. The molecular weight excluding hydrogens is 631 g/mol. The van der Waals surface area contributed by atoms with Crippen LogP contribution >= 0.6 is 0 Å². The number of hydrogen-bond acceptors (Lipinski definition) is 7. The van der Waals surface area contributed by atoms with Gasteiger partial charge in [0, 0.05) is 47.8 Å². The van der Waals surface area contributed by atoms with E-state index in [1.807, 2.05) is 20.8 Å². The van der Waals surface area contributed by atoms with Gasteiger partial charge in [-0.25, -0.2) is 0 Å². The Labute approximate surface area is 269 Å². The molecule has 0 aromatic heterocycles. The monoisotopic (exact) mass is 669 g/mol. The molecule has 0 atom stereocenters. The Morgan fingerprint density at radius 2 is 1.57 bits per heavy atom. The number of ketones is 1. The molecule has 0 aliphatic carbocycles. The average molecular weight is 670 g/mol. The molecule has 2 N–H and O–H groups in total. The summed E-state index contributed by atoms with van der Waals surface area (Å²) in [6.45, 7) is 7.56. The molecule has 10 nitrogen and oxygen atoms in total. The molecule has 0 saturated heterocycles. The van der Waals surface area contributed by atoms with Gasteiger partial charge in [-0.05, 0) is 47.7 Å². The van der Waals surface area contributed by atoms with Crippen LogP contribution in [0.2, 0.25) is 0 Å². The Bertz CT molecular complexity index is 2030. The van der Waals surface area contributed by atoms with Crippen molar-refractivity contribution in [2.45, 2.75) is 69.6 Å². The Morgan fingerprint density at radius 1 is 0.891 bits per heavy atom. The molecule has 46 heavy (non-hydrogen) atoms. The summed E-state index contributed by atoms with van der Waals surface area (Å²) >= 11 is 0. The highest BCUT2D eigenvalue weighted by molar-refractivity contribution is 7.86. The summed E-state index contributed by atoms with van der Waals surface area (Å²) in [5.41, 5.74) is 1.33. The lowest BCUT2D eigenvalue weighted by atomic mass is 9.88. The first kappa shape index (κ1) is 35.0. The van der Waals surface area contributed by atoms with E-state index in [1.165, 1.54) is 11.0 Å². The van der Waals surface area contributed by atoms with E-state index in [2.05, 4.69) is 0 Å². The molecule has 0 spiro atoms. The minimum absolute atomic E-state index is 0.0960. The van der Waals surface area contributed by atoms with Crippen molar-refractivity contribution in [1.82, 2.24) is 4.90 Å². The summed E-state index contributed by atoms with van der Waals surface area (Å²) < 4.78 is 78.4. The average Bonchev–Trinajstić information content (AvgIpc) is 2.98. The number of carbonyl (C=O) groups excluding carboxylic acids is 2. The first-order chi connectivity index (χ1) is 21.6. The van der Waals surface area contributed by atoms with Crippen molar-refractivity contribution >= 4 is 43.6 Å². The van der Waals surface area contributed by atoms with E-state index >= 15 is 0 Å². The topological polar surface area (TPSA) is 155 Å². The van der Waals surface area contributed by atoms with Gasteiger partial charge in [0.15, 0.2) is 11.5 Å². The fourth-order valence-corrected chi connectivity index (χ4v) is 7.41. The van der Waals surface area contributed by atoms with Gasteiger partial charge in [0.05, 0.1) is 0 Å². The highest BCUT2D eigenvalue weighted by Crippen LogP contribution is 2.44. The Kier molecular flexibility index (Phi) is 10.6. The van der Waals surface area contributed by atoms with Crippen LogP contribution in [-0.2, 0) is 31.5 Å². The number of ether oxygens (including phenoxy) is 1. The van der Waals surface area contributed by atoms with Crippen molar-refractivity contribution < 1.29 is 40.3 Å². The lowest BCUT2D eigenvalue weighted by molar-refractivity contribution is -0.122. The van der Waals surface area contributed by atoms with E-state index in [-0.39, 0.29) is 68.2 Å². The zero-order valence-electron chi connectivity index (χ0n) is 26.5. The van der Waals surface area contributed by atoms with Gasteiger partial charge in [0.25, 0.3) is 26.1 Å². The van der Waals surface area contributed by atoms with E-state index < -0.39 is 30.0 Å². The third kappa shape index (κ3) is 7.10. The summed E-state index contributed by atoms with van der Waals surface area (Å²) in [4.78, 5) is 26.4. The number of rotatable bonds is 12. The maximum atomic E-state index is 13.9. The van der Waals surface area contributed by atoms with Crippen molar-refractivity contribution in [3.8, 4) is 11.5 Å². The summed E-state index contributed by atoms with van der Waals surface area (Å²) in [7, 11) is -8.20. The number of Topliss-reactive ketones (excluding diaryl/α,β-unsaturated/α-hetero) is 1. The van der Waals surface area contributed by atoms with Crippen LogP contribution in [0.5, 0.6) is 11.5 Å². The van der Waals surface area contributed by atoms with Gasteiger partial charge in [-0.1, -0.05) is 76.6 Å². The van der Waals surface area contributed by atoms with Crippen LogP contribution in [-0.4, -0.2) is 56.1 Å². The molecule has 1 aliphatic rings. The zero-order chi connectivity index (χ0) is 34.0. The Morgan fingerprint density at radius 3 is 2.17 bits per heavy atom. The summed E-state index contributed by atoms with van der Waals surface area (Å²) in [6.07, 6.45) is 3.58. The number of amides is 1. The van der Waals surface area contributed by atoms with Gasteiger partial charge in [0.2, 0.25) is 0 Å². The second kappa shape index (κ2) is 13.9. The van der Waals surface area contributed by atoms with Gasteiger partial charge in [-0.15, -0.1) is 0 Å². The first-order valence-electron chi connectivity index (χ1n) is 15.2. The highest BCUT2D eigenvalue weighted by atomic mass is 32.2. The number of hydrogen-bond donors (Lipinski definition) is 2. The zero-order valence-corrected chi connectivity index (χ0v) is 28.2. The Balaban J connectivity index is 2.08. The molecule has 3 aromatic carbocycles. The van der Waals surface area contributed by atoms with Gasteiger partial charge in [0.1, 0.15) is 15.6 Å². The van der Waals surface area contributed by atoms with Crippen LogP contribution in [0.4, 0.5) is 0 Å². The lowest BCUT2D eigenvalue weighted by Gasteiger charge is -2.27. The van der Waals surface area contributed by atoms with Crippen molar-refractivity contribution in [2.75, 3.05) is 13.6 Å². The predicted octanol–water partition coefficient (Wildman–Crippen LogP) is 4.75. The quantitative estimate of drug-likeness (QED) is 0.203. The molecule has 0 saturated carbocycles. The fourth-order valence-electron chi connectivity index (χ4n) is 5.68. The summed E-state index contributed by atoms with van der Waals surface area (Å²) in [6, 6.07) is 12.9. The summed E-state index contributed by atoms with van der Waals surface area (Å²) in [5.74, 6) is -1.02. The van der Waals surface area contributed by atoms with Crippen molar-refractivity contribution in [3.63, 3.8) is 0 Å². The van der Waals surface area contributed by atoms with E-state index in [1.54, 1.807) is 62.5 Å². The molecule has 3 aromatic rings. The molecular formula is C34H39NO9S2. The van der Waals surface area contributed by atoms with Crippen LogP contribution in [0.25, 0.3) is 11.6 Å². The number of aryl methyl sites for hydroxylation is 1. The molecule has 0 fully saturated rings. The number of fused-ring (bicyclic) bond motifs is 2. The second-order valence-corrected chi connectivity index (χ2v) is 14.3. The van der Waals surface area contributed by atoms with E-state index in [9.17, 15) is 35.5 Å². The van der Waals surface area contributed by atoms with Gasteiger partial charge in [-0.2, -0.15) is 16.8 Å². The van der Waals surface area contributed by atoms with Crippen LogP contribution in [0, 0.1) is 5.92 Å². The molecule has 1 amide bonds. The molecule has 0 unspecified atom stereocenters. The van der Waals surface area contributed by atoms with Crippen LogP contribution < -0.4 is 15.2 Å². The highest BCUT2D eigenvalue weighted by Gasteiger charge is 2.34. The first-order valence-corrected chi connectivity index (χ1v) is 18.0. The van der Waals surface area contributed by atoms with Gasteiger partial charge < -0.3 is 9.64 Å². The van der Waals surface area contributed by atoms with Crippen LogP contribution in [0.3, 0.4) is 0 Å². The number of carbonyl (C=O) groups is 2. The molecule has 4 rings (SSSR count). The molecule has 246 valence electrons. The lowest BCUT2D eigenvalue weighted by Crippen LogP contribution is -2.30. The second-order valence-electron chi connectivity index (χ2n) is 11.6. The third-order valence-electron chi connectivity index (χ3n) is 7.87. The van der Waals surface area contributed by atoms with Gasteiger partial charge >= 0.3 is 0 Å². The molecule has 1 aliphatic heterocycles. The minimum atomic E-state index is -4.92. The minimum Gasteiger partial charge on any atom is -0.453 e. The van der Waals surface area contributed by atoms with Crippen molar-refractivity contribution in [2.24, 2.45) is 5.92 Å².